The number of piperidine rings is 1. The molecule has 2 aliphatic heterocycles. The fourth-order valence-corrected chi connectivity index (χ4v) is 4.11. The van der Waals surface area contributed by atoms with Gasteiger partial charge in [-0.05, 0) is 56.3 Å². The van der Waals surface area contributed by atoms with Crippen molar-refractivity contribution >= 4 is 29.9 Å². The Morgan fingerprint density at radius 2 is 1.96 bits per heavy atom. The van der Waals surface area contributed by atoms with Crippen molar-refractivity contribution in [2.75, 3.05) is 31.6 Å². The van der Waals surface area contributed by atoms with E-state index in [1.54, 1.807) is 30.1 Å². The Morgan fingerprint density at radius 1 is 1.30 bits per heavy atom. The molecule has 2 aliphatic rings. The highest BCUT2D eigenvalue weighted by atomic mass is 35.5. The first-order valence-electron chi connectivity index (χ1n) is 9.51. The third kappa shape index (κ3) is 4.79. The molecule has 2 atom stereocenters. The minimum Gasteiger partial charge on any atom is -0.334 e. The number of anilines is 1. The van der Waals surface area contributed by atoms with Crippen molar-refractivity contribution in [2.45, 2.75) is 38.6 Å². The molecule has 150 valence electrons. The first-order chi connectivity index (χ1) is 12.5. The highest BCUT2D eigenvalue weighted by Crippen LogP contribution is 2.28. The molecule has 27 heavy (non-hydrogen) atoms. The van der Waals surface area contributed by atoms with Gasteiger partial charge in [0.05, 0.1) is 5.69 Å². The largest absolute Gasteiger partial charge is 0.334 e. The number of carbonyl (C=O) groups excluding carboxylic acids is 2. The number of nitrogens with one attached hydrogen (secondary N) is 1. The first-order valence-corrected chi connectivity index (χ1v) is 9.51. The summed E-state index contributed by atoms with van der Waals surface area (Å²) in [6, 6.07) is 5.79. The van der Waals surface area contributed by atoms with Crippen LogP contribution < -0.4 is 10.2 Å². The SMILES string of the molecule is CC(CC(=O)N(C)C1CCN(c2ccccc2F)C1=O)C1CCNCC1.Cl. The van der Waals surface area contributed by atoms with Crippen molar-refractivity contribution in [3.63, 3.8) is 0 Å². The summed E-state index contributed by atoms with van der Waals surface area (Å²) in [5.74, 6) is 0.272. The molecule has 0 saturated carbocycles. The Kier molecular flexibility index (Phi) is 7.62. The third-order valence-electron chi connectivity index (χ3n) is 5.87. The lowest BCUT2D eigenvalue weighted by molar-refractivity contribution is -0.137. The molecule has 2 unspecified atom stereocenters. The molecule has 0 aliphatic carbocycles. The molecule has 1 aromatic carbocycles. The van der Waals surface area contributed by atoms with Crippen LogP contribution in [0.2, 0.25) is 0 Å². The number of hydrogen-bond acceptors (Lipinski definition) is 3. The number of amides is 2. The van der Waals surface area contributed by atoms with Gasteiger partial charge in [-0.15, -0.1) is 12.4 Å². The fourth-order valence-electron chi connectivity index (χ4n) is 4.11. The molecule has 2 amide bonds. The van der Waals surface area contributed by atoms with E-state index in [0.717, 1.165) is 25.9 Å². The summed E-state index contributed by atoms with van der Waals surface area (Å²) in [5, 5.41) is 3.35. The molecule has 1 aromatic rings. The smallest absolute Gasteiger partial charge is 0.249 e. The summed E-state index contributed by atoms with van der Waals surface area (Å²) in [7, 11) is 1.70. The van der Waals surface area contributed by atoms with Gasteiger partial charge in [-0.25, -0.2) is 4.39 Å². The van der Waals surface area contributed by atoms with E-state index in [2.05, 4.69) is 12.2 Å². The Hall–Kier alpha value is -1.66. The number of para-hydroxylation sites is 1. The van der Waals surface area contributed by atoms with Crippen LogP contribution in [-0.2, 0) is 9.59 Å². The van der Waals surface area contributed by atoms with Crippen LogP contribution in [0.3, 0.4) is 0 Å². The summed E-state index contributed by atoms with van der Waals surface area (Å²) >= 11 is 0. The molecule has 0 radical (unpaired) electrons. The van der Waals surface area contributed by atoms with E-state index < -0.39 is 11.9 Å². The highest BCUT2D eigenvalue weighted by Gasteiger charge is 2.38. The lowest BCUT2D eigenvalue weighted by Gasteiger charge is -2.30. The molecule has 0 spiro atoms. The molecule has 0 aromatic heterocycles. The average molecular weight is 398 g/mol. The van der Waals surface area contributed by atoms with Gasteiger partial charge in [0.15, 0.2) is 0 Å². The van der Waals surface area contributed by atoms with Crippen LogP contribution in [0, 0.1) is 17.7 Å². The van der Waals surface area contributed by atoms with Gasteiger partial charge in [0, 0.05) is 20.0 Å². The van der Waals surface area contributed by atoms with Crippen molar-refractivity contribution in [2.24, 2.45) is 11.8 Å². The topological polar surface area (TPSA) is 52.7 Å². The summed E-state index contributed by atoms with van der Waals surface area (Å²) in [5.41, 5.74) is 0.295. The third-order valence-corrected chi connectivity index (χ3v) is 5.87. The number of benzene rings is 1. The summed E-state index contributed by atoms with van der Waals surface area (Å²) in [6.07, 6.45) is 3.20. The van der Waals surface area contributed by atoms with Crippen molar-refractivity contribution in [3.05, 3.63) is 30.1 Å². The number of nitrogens with zero attached hydrogens (tertiary/aromatic N) is 2. The number of halogens is 2. The van der Waals surface area contributed by atoms with E-state index in [4.69, 9.17) is 0 Å². The minimum absolute atomic E-state index is 0. The second-order valence-electron chi connectivity index (χ2n) is 7.52. The molecule has 2 fully saturated rings. The average Bonchev–Trinajstić information content (AvgIpc) is 3.03. The van der Waals surface area contributed by atoms with Crippen molar-refractivity contribution in [1.29, 1.82) is 0 Å². The molecular weight excluding hydrogens is 369 g/mol. The second-order valence-corrected chi connectivity index (χ2v) is 7.52. The van der Waals surface area contributed by atoms with E-state index in [-0.39, 0.29) is 24.2 Å². The predicted octanol–water partition coefficient (Wildman–Crippen LogP) is 2.84. The van der Waals surface area contributed by atoms with Gasteiger partial charge in [0.25, 0.3) is 0 Å². The maximum atomic E-state index is 14.0. The molecule has 7 heteroatoms. The van der Waals surface area contributed by atoms with Crippen molar-refractivity contribution in [3.8, 4) is 0 Å². The fraction of sp³-hybridized carbons (Fsp3) is 0.600. The van der Waals surface area contributed by atoms with Gasteiger partial charge in [-0.1, -0.05) is 19.1 Å². The number of likely N-dealkylation sites (N-methyl/N-ethyl adjacent to an activating group) is 1. The lowest BCUT2D eigenvalue weighted by atomic mass is 9.84. The van der Waals surface area contributed by atoms with Gasteiger partial charge in [-0.2, -0.15) is 0 Å². The Labute approximate surface area is 166 Å². The van der Waals surface area contributed by atoms with Gasteiger partial charge in [-0.3, -0.25) is 9.59 Å². The highest BCUT2D eigenvalue weighted by molar-refractivity contribution is 6.01. The Morgan fingerprint density at radius 3 is 2.63 bits per heavy atom. The van der Waals surface area contributed by atoms with E-state index in [1.807, 2.05) is 0 Å². The predicted molar refractivity (Wildman–Crippen MR) is 107 cm³/mol. The van der Waals surface area contributed by atoms with Gasteiger partial charge in [0.1, 0.15) is 11.9 Å². The molecule has 2 heterocycles. The quantitative estimate of drug-likeness (QED) is 0.831. The van der Waals surface area contributed by atoms with Crippen LogP contribution in [-0.4, -0.2) is 49.4 Å². The monoisotopic (exact) mass is 397 g/mol. The first kappa shape index (κ1) is 21.6. The van der Waals surface area contributed by atoms with Crippen LogP contribution in [0.5, 0.6) is 0 Å². The van der Waals surface area contributed by atoms with E-state index >= 15 is 0 Å². The van der Waals surface area contributed by atoms with Gasteiger partial charge < -0.3 is 15.1 Å². The standard InChI is InChI=1S/C20H28FN3O2.ClH/c1-14(15-7-10-22-11-8-15)13-19(25)23(2)18-9-12-24(20(18)26)17-6-4-3-5-16(17)21;/h3-6,14-15,18,22H,7-13H2,1-2H3;1H. The number of rotatable bonds is 5. The number of carbonyl (C=O) groups is 2. The second kappa shape index (κ2) is 9.51. The molecule has 2 saturated heterocycles. The normalized spacial score (nSPS) is 21.7. The molecular formula is C20H29ClFN3O2. The maximum absolute atomic E-state index is 14.0. The van der Waals surface area contributed by atoms with E-state index in [0.29, 0.717) is 36.9 Å². The lowest BCUT2D eigenvalue weighted by Crippen LogP contribution is -2.44. The van der Waals surface area contributed by atoms with Gasteiger partial charge in [0.2, 0.25) is 11.8 Å². The zero-order valence-electron chi connectivity index (χ0n) is 16.0. The van der Waals surface area contributed by atoms with Crippen molar-refractivity contribution < 1.29 is 14.0 Å². The molecule has 1 N–H and O–H groups in total. The Bertz CT molecular complexity index is 666. The molecule has 3 rings (SSSR count). The number of hydrogen-bond donors (Lipinski definition) is 1. The molecule has 5 nitrogen and oxygen atoms in total. The zero-order chi connectivity index (χ0) is 18.7. The Balaban J connectivity index is 0.00000261. The van der Waals surface area contributed by atoms with Crippen LogP contribution in [0.4, 0.5) is 10.1 Å². The van der Waals surface area contributed by atoms with Gasteiger partial charge >= 0.3 is 0 Å². The van der Waals surface area contributed by atoms with Crippen LogP contribution >= 0.6 is 12.4 Å². The summed E-state index contributed by atoms with van der Waals surface area (Å²) in [4.78, 5) is 28.5. The van der Waals surface area contributed by atoms with E-state index in [1.165, 1.54) is 11.0 Å². The van der Waals surface area contributed by atoms with Crippen LogP contribution in [0.15, 0.2) is 24.3 Å². The van der Waals surface area contributed by atoms with Crippen LogP contribution in [0.1, 0.15) is 32.6 Å². The summed E-state index contributed by atoms with van der Waals surface area (Å²) in [6.45, 7) is 4.59. The van der Waals surface area contributed by atoms with E-state index in [9.17, 15) is 14.0 Å². The summed E-state index contributed by atoms with van der Waals surface area (Å²) < 4.78 is 14.0. The maximum Gasteiger partial charge on any atom is 0.249 e. The minimum atomic E-state index is -0.498. The zero-order valence-corrected chi connectivity index (χ0v) is 16.8. The molecule has 0 bridgehead atoms. The van der Waals surface area contributed by atoms with Crippen molar-refractivity contribution in [1.82, 2.24) is 10.2 Å². The van der Waals surface area contributed by atoms with Crippen LogP contribution in [0.25, 0.3) is 0 Å².